The molecular formula is C23H40N2O. The molecule has 0 spiro atoms. The number of aryl methyl sites for hydroxylation is 2. The quantitative estimate of drug-likeness (QED) is 0.446. The molecule has 26 heavy (non-hydrogen) atoms. The average molecular weight is 361 g/mol. The summed E-state index contributed by atoms with van der Waals surface area (Å²) in [6.45, 7) is 2.28. The average Bonchev–Trinajstić information content (AvgIpc) is 2.65. The van der Waals surface area contributed by atoms with E-state index in [2.05, 4.69) is 11.9 Å². The van der Waals surface area contributed by atoms with Crippen molar-refractivity contribution in [1.29, 1.82) is 0 Å². The highest BCUT2D eigenvalue weighted by atomic mass is 16.1. The molecule has 0 radical (unpaired) electrons. The molecule has 2 aliphatic heterocycles. The first-order valence-electron chi connectivity index (χ1n) is 11.4. The summed E-state index contributed by atoms with van der Waals surface area (Å²) in [5, 5.41) is 0. The SMILES string of the molecule is CCCCCCCCCCCCCc1nc2[nH]c(=O)c1CCCCCC2. The maximum atomic E-state index is 12.4. The van der Waals surface area contributed by atoms with Crippen molar-refractivity contribution >= 4 is 0 Å². The van der Waals surface area contributed by atoms with Gasteiger partial charge in [-0.25, -0.2) is 4.98 Å². The molecule has 2 bridgehead atoms. The van der Waals surface area contributed by atoms with Gasteiger partial charge in [0.25, 0.3) is 5.56 Å². The van der Waals surface area contributed by atoms with Gasteiger partial charge < -0.3 is 4.98 Å². The van der Waals surface area contributed by atoms with Gasteiger partial charge in [0.15, 0.2) is 0 Å². The third-order valence-electron chi connectivity index (χ3n) is 5.76. The van der Waals surface area contributed by atoms with Crippen LogP contribution in [0.2, 0.25) is 0 Å². The molecule has 2 aliphatic rings. The van der Waals surface area contributed by atoms with Crippen molar-refractivity contribution in [3.63, 3.8) is 0 Å². The Hall–Kier alpha value is -1.12. The number of rotatable bonds is 12. The number of aromatic nitrogens is 2. The van der Waals surface area contributed by atoms with Crippen molar-refractivity contribution in [3.05, 3.63) is 27.4 Å². The van der Waals surface area contributed by atoms with Gasteiger partial charge in [-0.1, -0.05) is 84.0 Å². The normalized spacial score (nSPS) is 14.7. The molecule has 3 rings (SSSR count). The molecule has 0 amide bonds. The van der Waals surface area contributed by atoms with Crippen molar-refractivity contribution in [2.75, 3.05) is 0 Å². The lowest BCUT2D eigenvalue weighted by Crippen LogP contribution is -2.21. The summed E-state index contributed by atoms with van der Waals surface area (Å²) in [7, 11) is 0. The molecule has 148 valence electrons. The van der Waals surface area contributed by atoms with E-state index in [0.29, 0.717) is 0 Å². The summed E-state index contributed by atoms with van der Waals surface area (Å²) in [6, 6.07) is 0. The highest BCUT2D eigenvalue weighted by Gasteiger charge is 2.13. The number of fused-ring (bicyclic) bond motifs is 7. The second-order valence-electron chi connectivity index (χ2n) is 8.14. The molecule has 3 heteroatoms. The van der Waals surface area contributed by atoms with E-state index in [1.807, 2.05) is 0 Å². The van der Waals surface area contributed by atoms with Crippen molar-refractivity contribution < 1.29 is 0 Å². The summed E-state index contributed by atoms with van der Waals surface area (Å²) in [6.07, 6.45) is 22.6. The van der Waals surface area contributed by atoms with Crippen LogP contribution in [0, 0.1) is 0 Å². The Bertz CT molecular complexity index is 550. The maximum Gasteiger partial charge on any atom is 0.254 e. The number of hydrogen-bond donors (Lipinski definition) is 1. The molecule has 0 unspecified atom stereocenters. The van der Waals surface area contributed by atoms with Crippen molar-refractivity contribution in [1.82, 2.24) is 9.97 Å². The zero-order valence-corrected chi connectivity index (χ0v) is 17.1. The Morgan fingerprint density at radius 2 is 1.35 bits per heavy atom. The van der Waals surface area contributed by atoms with Crippen LogP contribution < -0.4 is 5.56 Å². The predicted octanol–water partition coefficient (Wildman–Crippen LogP) is 6.28. The molecule has 0 aromatic carbocycles. The van der Waals surface area contributed by atoms with Gasteiger partial charge >= 0.3 is 0 Å². The molecule has 0 fully saturated rings. The van der Waals surface area contributed by atoms with Crippen LogP contribution in [-0.4, -0.2) is 9.97 Å². The number of H-pyrrole nitrogens is 1. The highest BCUT2D eigenvalue weighted by Crippen LogP contribution is 2.16. The third kappa shape index (κ3) is 8.05. The van der Waals surface area contributed by atoms with Crippen LogP contribution in [0.3, 0.4) is 0 Å². The smallest absolute Gasteiger partial charge is 0.254 e. The molecule has 3 heterocycles. The van der Waals surface area contributed by atoms with Gasteiger partial charge in [-0.3, -0.25) is 4.79 Å². The minimum Gasteiger partial charge on any atom is -0.310 e. The molecular weight excluding hydrogens is 320 g/mol. The Kier molecular flexibility index (Phi) is 10.7. The largest absolute Gasteiger partial charge is 0.310 e. The summed E-state index contributed by atoms with van der Waals surface area (Å²) in [5.41, 5.74) is 2.21. The molecule has 1 aromatic rings. The van der Waals surface area contributed by atoms with Crippen LogP contribution in [0.4, 0.5) is 0 Å². The number of nitrogens with one attached hydrogen (secondary N) is 1. The van der Waals surface area contributed by atoms with E-state index in [9.17, 15) is 4.79 Å². The lowest BCUT2D eigenvalue weighted by Gasteiger charge is -2.12. The van der Waals surface area contributed by atoms with E-state index < -0.39 is 0 Å². The van der Waals surface area contributed by atoms with Crippen LogP contribution in [0.15, 0.2) is 4.79 Å². The van der Waals surface area contributed by atoms with E-state index >= 15 is 0 Å². The fraction of sp³-hybridized carbons (Fsp3) is 0.826. The molecule has 3 nitrogen and oxygen atoms in total. The van der Waals surface area contributed by atoms with E-state index in [1.165, 1.54) is 83.5 Å². The van der Waals surface area contributed by atoms with Crippen molar-refractivity contribution in [2.45, 2.75) is 122 Å². The summed E-state index contributed by atoms with van der Waals surface area (Å²) >= 11 is 0. The lowest BCUT2D eigenvalue weighted by atomic mass is 9.99. The molecule has 0 aliphatic carbocycles. The van der Waals surface area contributed by atoms with E-state index in [1.54, 1.807) is 0 Å². The van der Waals surface area contributed by atoms with Crippen LogP contribution in [0.5, 0.6) is 0 Å². The van der Waals surface area contributed by atoms with Gasteiger partial charge in [0.05, 0.1) is 5.69 Å². The second kappa shape index (κ2) is 13.1. The topological polar surface area (TPSA) is 45.8 Å². The lowest BCUT2D eigenvalue weighted by molar-refractivity contribution is 0.546. The Balaban J connectivity index is 1.64. The van der Waals surface area contributed by atoms with Crippen LogP contribution in [0.1, 0.15) is 120 Å². The van der Waals surface area contributed by atoms with Gasteiger partial charge in [0, 0.05) is 12.0 Å². The first-order valence-corrected chi connectivity index (χ1v) is 11.4. The molecule has 1 N–H and O–H groups in total. The van der Waals surface area contributed by atoms with Crippen LogP contribution >= 0.6 is 0 Å². The number of nitrogens with zero attached hydrogens (tertiary/aromatic N) is 1. The Morgan fingerprint density at radius 3 is 2.00 bits per heavy atom. The van der Waals surface area contributed by atoms with E-state index in [-0.39, 0.29) is 5.56 Å². The summed E-state index contributed by atoms with van der Waals surface area (Å²) in [4.78, 5) is 20.2. The van der Waals surface area contributed by atoms with E-state index in [0.717, 1.165) is 49.2 Å². The van der Waals surface area contributed by atoms with Gasteiger partial charge in [-0.15, -0.1) is 0 Å². The Morgan fingerprint density at radius 1 is 0.769 bits per heavy atom. The fourth-order valence-corrected chi connectivity index (χ4v) is 4.08. The zero-order chi connectivity index (χ0) is 18.5. The van der Waals surface area contributed by atoms with Gasteiger partial charge in [-0.2, -0.15) is 0 Å². The minimum atomic E-state index is 0.134. The molecule has 0 atom stereocenters. The van der Waals surface area contributed by atoms with Gasteiger partial charge in [0.1, 0.15) is 5.82 Å². The first-order chi connectivity index (χ1) is 12.8. The monoisotopic (exact) mass is 360 g/mol. The minimum absolute atomic E-state index is 0.134. The summed E-state index contributed by atoms with van der Waals surface area (Å²) in [5.74, 6) is 0.915. The molecule has 1 aromatic heterocycles. The predicted molar refractivity (Wildman–Crippen MR) is 111 cm³/mol. The van der Waals surface area contributed by atoms with Crippen molar-refractivity contribution in [3.8, 4) is 0 Å². The molecule has 0 saturated heterocycles. The second-order valence-corrected chi connectivity index (χ2v) is 8.14. The zero-order valence-electron chi connectivity index (χ0n) is 17.1. The van der Waals surface area contributed by atoms with Crippen LogP contribution in [0.25, 0.3) is 0 Å². The number of aromatic amines is 1. The van der Waals surface area contributed by atoms with Crippen molar-refractivity contribution in [2.24, 2.45) is 0 Å². The fourth-order valence-electron chi connectivity index (χ4n) is 4.08. The highest BCUT2D eigenvalue weighted by molar-refractivity contribution is 5.19. The number of unbranched alkanes of at least 4 members (excludes halogenated alkanes) is 10. The van der Waals surface area contributed by atoms with E-state index in [4.69, 9.17) is 4.98 Å². The number of hydrogen-bond acceptors (Lipinski definition) is 2. The third-order valence-corrected chi connectivity index (χ3v) is 5.76. The van der Waals surface area contributed by atoms with Gasteiger partial charge in [-0.05, 0) is 32.1 Å². The van der Waals surface area contributed by atoms with Gasteiger partial charge in [0.2, 0.25) is 0 Å². The maximum absolute atomic E-state index is 12.4. The standard InChI is InChI=1S/C23H40N2O/c1-2-3-4-5-6-7-8-9-10-11-15-18-21-20-17-14-12-13-16-19-22(24-21)25-23(20)26/h2-19H2,1H3,(H,24,25,26). The Labute approximate surface area is 160 Å². The van der Waals surface area contributed by atoms with Crippen LogP contribution in [-0.2, 0) is 19.3 Å². The first kappa shape index (κ1) is 21.2. The molecule has 0 saturated carbocycles. The summed E-state index contributed by atoms with van der Waals surface area (Å²) < 4.78 is 0.